The second-order valence-corrected chi connectivity index (χ2v) is 9.01. The van der Waals surface area contributed by atoms with Crippen LogP contribution in [-0.2, 0) is 16.2 Å². The Morgan fingerprint density at radius 2 is 1.40 bits per heavy atom. The molecule has 1 aromatic rings. The maximum atomic E-state index is 10.2. The first-order valence-electron chi connectivity index (χ1n) is 3.04. The smallest absolute Gasteiger partial charge is 0.693 e. The van der Waals surface area contributed by atoms with Crippen molar-refractivity contribution < 1.29 is 16.2 Å². The summed E-state index contributed by atoms with van der Waals surface area (Å²) in [7, 11) is 14.8. The number of rotatable bonds is 1. The van der Waals surface area contributed by atoms with E-state index >= 15 is 0 Å². The number of benzene rings is 1. The molecule has 0 radical (unpaired) electrons. The Kier molecular flexibility index (Phi) is 12.2. The van der Waals surface area contributed by atoms with Crippen molar-refractivity contribution in [3.63, 3.8) is 0 Å². The third-order valence-electron chi connectivity index (χ3n) is 1.06. The summed E-state index contributed by atoms with van der Waals surface area (Å²) in [4.78, 5) is 10.2. The minimum absolute atomic E-state index is 0. The molecule has 0 heterocycles. The van der Waals surface area contributed by atoms with Crippen LogP contribution in [0.15, 0.2) is 18.2 Å². The first-order chi connectivity index (χ1) is 6.49. The second kappa shape index (κ2) is 10.0. The van der Waals surface area contributed by atoms with Gasteiger partial charge in [0.1, 0.15) is 0 Å². The van der Waals surface area contributed by atoms with Gasteiger partial charge in [-0.25, -0.2) is 0 Å². The standard InChI is InChI=1S/C7H3Cl2O.3ClH.Cr.H2N/c8-6-2-1-3-7(9)5(6)4-10;;;;;/h1-3H;3*1H;;1H2/q-1;;;;+3;-1/p-3. The molecule has 0 fully saturated rings. The van der Waals surface area contributed by atoms with Gasteiger partial charge in [-0.05, 0) is 0 Å². The minimum atomic E-state index is -1.62. The molecule has 1 aromatic carbocycles. The van der Waals surface area contributed by atoms with Gasteiger partial charge in [0.25, 0.3) is 0 Å². The van der Waals surface area contributed by atoms with Gasteiger partial charge in [-0.3, -0.25) is 0 Å². The fourth-order valence-corrected chi connectivity index (χ4v) is 1.07. The molecule has 0 unspecified atom stereocenters. The molecule has 0 aromatic heterocycles. The average Bonchev–Trinajstić information content (AvgIpc) is 2.03. The first-order valence-corrected chi connectivity index (χ1v) is 9.06. The van der Waals surface area contributed by atoms with E-state index in [1.807, 2.05) is 0 Å². The van der Waals surface area contributed by atoms with E-state index in [9.17, 15) is 4.79 Å². The second-order valence-electron chi connectivity index (χ2n) is 1.87. The van der Waals surface area contributed by atoms with Crippen LogP contribution in [0.1, 0.15) is 5.56 Å². The van der Waals surface area contributed by atoms with Gasteiger partial charge in [0.05, 0.1) is 6.29 Å². The Morgan fingerprint density at radius 1 is 1.07 bits per heavy atom. The summed E-state index contributed by atoms with van der Waals surface area (Å²) in [6.45, 7) is 0. The van der Waals surface area contributed by atoms with E-state index in [1.54, 1.807) is 24.5 Å². The van der Waals surface area contributed by atoms with Gasteiger partial charge in [0.2, 0.25) is 0 Å². The van der Waals surface area contributed by atoms with Crippen molar-refractivity contribution in [2.75, 3.05) is 0 Å². The Balaban J connectivity index is 0. The number of halogens is 5. The maximum Gasteiger partial charge on any atom is -0.693 e. The molecule has 0 aliphatic carbocycles. The zero-order chi connectivity index (χ0) is 11.1. The molecule has 0 spiro atoms. The first kappa shape index (κ1) is 18.2. The van der Waals surface area contributed by atoms with Gasteiger partial charge in [0.15, 0.2) is 0 Å². The Labute approximate surface area is 115 Å². The predicted octanol–water partition coefficient (Wildman–Crippen LogP) is 5.23. The van der Waals surface area contributed by atoms with Crippen LogP contribution in [0.2, 0.25) is 10.0 Å². The molecule has 0 atom stereocenters. The van der Waals surface area contributed by atoms with Crippen LogP contribution in [0.4, 0.5) is 0 Å². The van der Waals surface area contributed by atoms with Crippen LogP contribution in [0.3, 0.4) is 0 Å². The van der Waals surface area contributed by atoms with Gasteiger partial charge in [-0.2, -0.15) is 23.2 Å². The van der Waals surface area contributed by atoms with E-state index < -0.39 is 11.4 Å². The van der Waals surface area contributed by atoms with Gasteiger partial charge in [-0.15, -0.1) is 17.7 Å². The number of hydrogen-bond donors (Lipinski definition) is 0. The molecule has 0 aliphatic rings. The molecule has 0 amide bonds. The van der Waals surface area contributed by atoms with Crippen molar-refractivity contribution >= 4 is 59.6 Å². The van der Waals surface area contributed by atoms with Crippen LogP contribution in [0.25, 0.3) is 6.15 Å². The van der Waals surface area contributed by atoms with E-state index in [0.29, 0.717) is 10.0 Å². The van der Waals surface area contributed by atoms with Crippen LogP contribution < -0.4 is 0 Å². The molecule has 0 aliphatic heterocycles. The molecule has 87 valence electrons. The molecule has 0 saturated heterocycles. The van der Waals surface area contributed by atoms with Gasteiger partial charge >= 0.3 is 41.5 Å². The van der Waals surface area contributed by atoms with Crippen molar-refractivity contribution in [2.24, 2.45) is 0 Å². The maximum absolute atomic E-state index is 10.2. The molecule has 8 heteroatoms. The summed E-state index contributed by atoms with van der Waals surface area (Å²) in [5.41, 5.74) is 0.228. The number of hydrogen-bond acceptors (Lipinski definition) is 1. The average molecular weight is 348 g/mol. The number of nitrogens with two attached hydrogens (primary N) is 1. The van der Waals surface area contributed by atoms with Gasteiger partial charge in [-0.1, -0.05) is 16.1 Å². The topological polar surface area (TPSA) is 50.6 Å². The zero-order valence-electron chi connectivity index (χ0n) is 7.02. The normalized spacial score (nSPS) is 8.67. The summed E-state index contributed by atoms with van der Waals surface area (Å²) in [6.07, 6.45) is 1.65. The molecule has 1 rings (SSSR count). The van der Waals surface area contributed by atoms with Crippen molar-refractivity contribution in [1.29, 1.82) is 0 Å². The van der Waals surface area contributed by atoms with Crippen molar-refractivity contribution in [3.05, 3.63) is 40.0 Å². The Morgan fingerprint density at radius 3 is 1.60 bits per heavy atom. The molecule has 15 heavy (non-hydrogen) atoms. The minimum Gasteiger partial charge on any atom is -0.693 e. The van der Waals surface area contributed by atoms with Crippen molar-refractivity contribution in [3.8, 4) is 0 Å². The summed E-state index contributed by atoms with van der Waals surface area (Å²) in [6, 6.07) is 4.85. The molecular weight excluding hydrogens is 343 g/mol. The Hall–Kier alpha value is 0.832. The largest absolute Gasteiger partial charge is 0.693 e. The van der Waals surface area contributed by atoms with E-state index in [0.717, 1.165) is 0 Å². The van der Waals surface area contributed by atoms with E-state index in [1.165, 1.54) is 0 Å². The third kappa shape index (κ3) is 8.62. The molecular formula is C7H5Cl5CrNO-2. The van der Waals surface area contributed by atoms with E-state index in [-0.39, 0.29) is 11.7 Å². The molecule has 0 bridgehead atoms. The number of carbonyl (C=O) groups excluding carboxylic acids is 1. The van der Waals surface area contributed by atoms with E-state index in [2.05, 4.69) is 0 Å². The molecule has 0 saturated carbocycles. The summed E-state index contributed by atoms with van der Waals surface area (Å²) in [5, 5.41) is 0.671. The predicted molar refractivity (Wildman–Crippen MR) is 64.1 cm³/mol. The third-order valence-corrected chi connectivity index (χ3v) is 1.69. The fourth-order valence-electron chi connectivity index (χ4n) is 0.595. The van der Waals surface area contributed by atoms with Crippen molar-refractivity contribution in [2.45, 2.75) is 0 Å². The van der Waals surface area contributed by atoms with Crippen LogP contribution in [-0.4, -0.2) is 6.29 Å². The van der Waals surface area contributed by atoms with Crippen LogP contribution in [0.5, 0.6) is 0 Å². The van der Waals surface area contributed by atoms with Crippen LogP contribution >= 0.6 is 53.3 Å². The SMILES string of the molecule is O=[C-]c1c(Cl)cccc1Cl.[Cl][Cr]([Cl])[Cl].[NH2-]. The van der Waals surface area contributed by atoms with Crippen molar-refractivity contribution in [1.82, 2.24) is 0 Å². The Bertz CT molecular complexity index is 286. The fraction of sp³-hybridized carbons (Fsp3) is 0. The molecule has 2 N–H and O–H groups in total. The summed E-state index contributed by atoms with van der Waals surface area (Å²) >= 11 is 9.54. The van der Waals surface area contributed by atoms with Gasteiger partial charge < -0.3 is 10.9 Å². The van der Waals surface area contributed by atoms with Gasteiger partial charge in [0, 0.05) is 0 Å². The monoisotopic (exact) mass is 346 g/mol. The quantitative estimate of drug-likeness (QED) is 0.641. The summed E-state index contributed by atoms with van der Waals surface area (Å²) in [5.74, 6) is 0. The van der Waals surface area contributed by atoms with Crippen LogP contribution in [0, 0.1) is 0 Å². The zero-order valence-corrected chi connectivity index (χ0v) is 12.1. The summed E-state index contributed by atoms with van der Waals surface area (Å²) < 4.78 is 0. The molecule has 2 nitrogen and oxygen atoms in total. The van der Waals surface area contributed by atoms with E-state index in [4.69, 9.17) is 53.3 Å².